The molecule has 164 valence electrons. The number of hydrogen-bond donors (Lipinski definition) is 3. The van der Waals surface area contributed by atoms with Crippen LogP contribution in [-0.4, -0.2) is 47.2 Å². The van der Waals surface area contributed by atoms with Crippen molar-refractivity contribution in [3.05, 3.63) is 53.2 Å². The summed E-state index contributed by atoms with van der Waals surface area (Å²) in [6.45, 7) is 10.4. The van der Waals surface area contributed by atoms with Gasteiger partial charge in [-0.05, 0) is 24.0 Å². The van der Waals surface area contributed by atoms with Gasteiger partial charge in [0.25, 0.3) is 0 Å². The van der Waals surface area contributed by atoms with Gasteiger partial charge >= 0.3 is 0 Å². The SMILES string of the molecule is CN=C(NCc1ccc(CN2CCC(O)CC2)cc1)NCc1ncc(C(C)(C)C)o1. The Balaban J connectivity index is 1.44. The van der Waals surface area contributed by atoms with E-state index in [4.69, 9.17) is 4.42 Å². The highest BCUT2D eigenvalue weighted by molar-refractivity contribution is 5.79. The molecule has 0 bridgehead atoms. The molecule has 1 aromatic carbocycles. The summed E-state index contributed by atoms with van der Waals surface area (Å²) in [7, 11) is 1.75. The smallest absolute Gasteiger partial charge is 0.213 e. The van der Waals surface area contributed by atoms with Crippen molar-refractivity contribution < 1.29 is 9.52 Å². The Morgan fingerprint density at radius 2 is 1.77 bits per heavy atom. The van der Waals surface area contributed by atoms with Crippen LogP contribution in [0.4, 0.5) is 0 Å². The topological polar surface area (TPSA) is 85.9 Å². The zero-order chi connectivity index (χ0) is 21.6. The van der Waals surface area contributed by atoms with E-state index in [0.29, 0.717) is 24.9 Å². The molecule has 0 amide bonds. The molecule has 0 spiro atoms. The average Bonchev–Trinajstić information content (AvgIpc) is 3.21. The van der Waals surface area contributed by atoms with Crippen LogP contribution in [-0.2, 0) is 25.0 Å². The summed E-state index contributed by atoms with van der Waals surface area (Å²) in [6, 6.07) is 8.66. The Morgan fingerprint density at radius 3 is 2.37 bits per heavy atom. The molecule has 1 aliphatic rings. The Hall–Kier alpha value is -2.38. The van der Waals surface area contributed by atoms with E-state index in [-0.39, 0.29) is 11.5 Å². The predicted octanol–water partition coefficient (Wildman–Crippen LogP) is 2.79. The van der Waals surface area contributed by atoms with Crippen molar-refractivity contribution in [2.45, 2.75) is 64.8 Å². The Labute approximate surface area is 179 Å². The van der Waals surface area contributed by atoms with Gasteiger partial charge in [-0.2, -0.15) is 0 Å². The molecule has 1 saturated heterocycles. The van der Waals surface area contributed by atoms with Crippen molar-refractivity contribution in [3.63, 3.8) is 0 Å². The first-order valence-electron chi connectivity index (χ1n) is 10.7. The summed E-state index contributed by atoms with van der Waals surface area (Å²) in [6.07, 6.45) is 3.42. The summed E-state index contributed by atoms with van der Waals surface area (Å²) in [5.74, 6) is 2.24. The lowest BCUT2D eigenvalue weighted by Gasteiger charge is -2.29. The highest BCUT2D eigenvalue weighted by atomic mass is 16.4. The Bertz CT molecular complexity index is 815. The predicted molar refractivity (Wildman–Crippen MR) is 119 cm³/mol. The number of benzene rings is 1. The number of likely N-dealkylation sites (tertiary alicyclic amines) is 1. The van der Waals surface area contributed by atoms with Crippen LogP contribution in [0.3, 0.4) is 0 Å². The van der Waals surface area contributed by atoms with Crippen LogP contribution in [0, 0.1) is 0 Å². The van der Waals surface area contributed by atoms with Crippen LogP contribution in [0.25, 0.3) is 0 Å². The van der Waals surface area contributed by atoms with Crippen LogP contribution < -0.4 is 10.6 Å². The second kappa shape index (κ2) is 10.1. The van der Waals surface area contributed by atoms with Crippen LogP contribution >= 0.6 is 0 Å². The molecule has 3 N–H and O–H groups in total. The second-order valence-corrected chi connectivity index (χ2v) is 8.97. The lowest BCUT2D eigenvalue weighted by Crippen LogP contribution is -2.36. The number of aromatic nitrogens is 1. The van der Waals surface area contributed by atoms with Crippen molar-refractivity contribution in [2.75, 3.05) is 20.1 Å². The minimum atomic E-state index is -0.123. The van der Waals surface area contributed by atoms with E-state index in [1.54, 1.807) is 13.2 Å². The van der Waals surface area contributed by atoms with Gasteiger partial charge in [0.05, 0.1) is 18.8 Å². The van der Waals surface area contributed by atoms with E-state index in [2.05, 4.69) is 70.5 Å². The lowest BCUT2D eigenvalue weighted by molar-refractivity contribution is 0.0792. The highest BCUT2D eigenvalue weighted by Gasteiger charge is 2.19. The molecular weight excluding hydrogens is 378 g/mol. The first kappa shape index (κ1) is 22.3. The zero-order valence-corrected chi connectivity index (χ0v) is 18.6. The van der Waals surface area contributed by atoms with Crippen LogP contribution in [0.5, 0.6) is 0 Å². The summed E-state index contributed by atoms with van der Waals surface area (Å²) in [5, 5.41) is 16.2. The van der Waals surface area contributed by atoms with Gasteiger partial charge in [0.2, 0.25) is 5.89 Å². The third-order valence-electron chi connectivity index (χ3n) is 5.37. The number of hydrogen-bond acceptors (Lipinski definition) is 5. The van der Waals surface area contributed by atoms with Gasteiger partial charge in [0, 0.05) is 38.6 Å². The molecule has 7 heteroatoms. The number of nitrogens with one attached hydrogen (secondary N) is 2. The Morgan fingerprint density at radius 1 is 1.13 bits per heavy atom. The number of aliphatic hydroxyl groups is 1. The molecule has 1 aromatic heterocycles. The maximum Gasteiger partial charge on any atom is 0.213 e. The molecule has 3 rings (SSSR count). The molecule has 0 saturated carbocycles. The third kappa shape index (κ3) is 6.57. The van der Waals surface area contributed by atoms with Crippen molar-refractivity contribution in [1.82, 2.24) is 20.5 Å². The molecule has 2 heterocycles. The molecule has 0 radical (unpaired) electrons. The standard InChI is InChI=1S/C23H35N5O2/c1-23(2,3)20-14-25-21(30-20)15-27-22(24-4)26-13-17-5-7-18(8-6-17)16-28-11-9-19(29)10-12-28/h5-8,14,19,29H,9-13,15-16H2,1-4H3,(H2,24,26,27). The van der Waals surface area contributed by atoms with Crippen molar-refractivity contribution >= 4 is 5.96 Å². The average molecular weight is 414 g/mol. The summed E-state index contributed by atoms with van der Waals surface area (Å²) in [4.78, 5) is 11.0. The van der Waals surface area contributed by atoms with E-state index in [9.17, 15) is 5.11 Å². The molecule has 30 heavy (non-hydrogen) atoms. The first-order chi connectivity index (χ1) is 14.3. The van der Waals surface area contributed by atoms with Gasteiger partial charge in [-0.25, -0.2) is 4.98 Å². The minimum Gasteiger partial charge on any atom is -0.443 e. The van der Waals surface area contributed by atoms with E-state index < -0.39 is 0 Å². The van der Waals surface area contributed by atoms with Crippen LogP contribution in [0.1, 0.15) is 56.4 Å². The largest absolute Gasteiger partial charge is 0.443 e. The van der Waals surface area contributed by atoms with Gasteiger partial charge < -0.3 is 20.2 Å². The number of rotatable bonds is 6. The zero-order valence-electron chi connectivity index (χ0n) is 18.6. The quantitative estimate of drug-likeness (QED) is 0.499. The monoisotopic (exact) mass is 413 g/mol. The Kier molecular flexibility index (Phi) is 7.50. The fourth-order valence-corrected chi connectivity index (χ4v) is 3.40. The molecule has 0 aliphatic carbocycles. The van der Waals surface area contributed by atoms with Gasteiger partial charge in [0.15, 0.2) is 5.96 Å². The number of piperidine rings is 1. The molecule has 0 unspecified atom stereocenters. The molecule has 0 atom stereocenters. The maximum absolute atomic E-state index is 9.63. The number of oxazole rings is 1. The van der Waals surface area contributed by atoms with E-state index in [1.807, 2.05) is 0 Å². The van der Waals surface area contributed by atoms with E-state index in [1.165, 1.54) is 11.1 Å². The molecule has 7 nitrogen and oxygen atoms in total. The van der Waals surface area contributed by atoms with Crippen molar-refractivity contribution in [2.24, 2.45) is 4.99 Å². The van der Waals surface area contributed by atoms with Gasteiger partial charge in [-0.1, -0.05) is 45.0 Å². The van der Waals surface area contributed by atoms with Gasteiger partial charge in [-0.3, -0.25) is 9.89 Å². The highest BCUT2D eigenvalue weighted by Crippen LogP contribution is 2.22. The first-order valence-corrected chi connectivity index (χ1v) is 10.7. The summed E-state index contributed by atoms with van der Waals surface area (Å²) >= 11 is 0. The molecular formula is C23H35N5O2. The van der Waals surface area contributed by atoms with Gasteiger partial charge in [-0.15, -0.1) is 0 Å². The van der Waals surface area contributed by atoms with E-state index >= 15 is 0 Å². The fraction of sp³-hybridized carbons (Fsp3) is 0.565. The van der Waals surface area contributed by atoms with Crippen molar-refractivity contribution in [3.8, 4) is 0 Å². The lowest BCUT2D eigenvalue weighted by atomic mass is 9.94. The summed E-state index contributed by atoms with van der Waals surface area (Å²) < 4.78 is 5.81. The van der Waals surface area contributed by atoms with Crippen LogP contribution in [0.2, 0.25) is 0 Å². The molecule has 2 aromatic rings. The minimum absolute atomic E-state index is 0.0490. The number of aliphatic imine (C=N–C) groups is 1. The van der Waals surface area contributed by atoms with Crippen molar-refractivity contribution in [1.29, 1.82) is 0 Å². The normalized spacial score (nSPS) is 16.6. The molecule has 1 fully saturated rings. The van der Waals surface area contributed by atoms with Crippen LogP contribution in [0.15, 0.2) is 39.9 Å². The molecule has 1 aliphatic heterocycles. The summed E-state index contributed by atoms with van der Waals surface area (Å²) in [5.41, 5.74) is 2.45. The number of nitrogens with zero attached hydrogens (tertiary/aromatic N) is 3. The van der Waals surface area contributed by atoms with Gasteiger partial charge in [0.1, 0.15) is 5.76 Å². The number of aliphatic hydroxyl groups excluding tert-OH is 1. The van der Waals surface area contributed by atoms with E-state index in [0.717, 1.165) is 38.2 Å². The number of guanidine groups is 1. The third-order valence-corrected chi connectivity index (χ3v) is 5.37. The second-order valence-electron chi connectivity index (χ2n) is 8.97. The fourth-order valence-electron chi connectivity index (χ4n) is 3.40. The maximum atomic E-state index is 9.63.